The van der Waals surface area contributed by atoms with E-state index in [1.54, 1.807) is 49.4 Å². The molecule has 0 N–H and O–H groups in total. The van der Waals surface area contributed by atoms with E-state index < -0.39 is 12.0 Å². The first kappa shape index (κ1) is 27.2. The molecule has 0 bridgehead atoms. The Morgan fingerprint density at radius 1 is 1.19 bits per heavy atom. The van der Waals surface area contributed by atoms with Gasteiger partial charge in [0.05, 0.1) is 42.2 Å². The fourth-order valence-corrected chi connectivity index (χ4v) is 6.12. The predicted octanol–water partition coefficient (Wildman–Crippen LogP) is 4.69. The molecule has 0 radical (unpaired) electrons. The van der Waals surface area contributed by atoms with Crippen molar-refractivity contribution in [3.05, 3.63) is 83.0 Å². The minimum atomic E-state index is -0.768. The number of carbonyl (C=O) groups is 1. The summed E-state index contributed by atoms with van der Waals surface area (Å²) in [6, 6.07) is 10.8. The Kier molecular flexibility index (Phi) is 8.61. The highest BCUT2D eigenvalue weighted by atomic mass is 79.9. The van der Waals surface area contributed by atoms with Gasteiger partial charge in [-0.05, 0) is 68.5 Å². The molecule has 4 rings (SSSR count). The monoisotopic (exact) mass is 602 g/mol. The van der Waals surface area contributed by atoms with Gasteiger partial charge in [-0.25, -0.2) is 9.79 Å². The van der Waals surface area contributed by atoms with Gasteiger partial charge < -0.3 is 14.2 Å². The predicted molar refractivity (Wildman–Crippen MR) is 150 cm³/mol. The summed E-state index contributed by atoms with van der Waals surface area (Å²) in [5, 5.41) is 0. The molecule has 0 fully saturated rings. The van der Waals surface area contributed by atoms with Crippen molar-refractivity contribution >= 4 is 51.1 Å². The molecule has 1 aliphatic rings. The van der Waals surface area contributed by atoms with Gasteiger partial charge >= 0.3 is 5.97 Å². The van der Waals surface area contributed by atoms with Gasteiger partial charge in [0.15, 0.2) is 16.3 Å². The first-order valence-electron chi connectivity index (χ1n) is 11.7. The highest BCUT2D eigenvalue weighted by Gasteiger charge is 2.35. The normalized spacial score (nSPS) is 15.3. The van der Waals surface area contributed by atoms with E-state index in [9.17, 15) is 9.59 Å². The van der Waals surface area contributed by atoms with Crippen molar-refractivity contribution in [2.45, 2.75) is 31.7 Å². The van der Waals surface area contributed by atoms with Gasteiger partial charge in [-0.1, -0.05) is 39.4 Å². The maximum atomic E-state index is 13.8. The highest BCUT2D eigenvalue weighted by Crippen LogP contribution is 2.41. The second kappa shape index (κ2) is 11.7. The molecule has 2 aromatic carbocycles. The number of hydrogen-bond donors (Lipinski definition) is 0. The van der Waals surface area contributed by atoms with E-state index >= 15 is 0 Å². The van der Waals surface area contributed by atoms with E-state index in [1.807, 2.05) is 43.5 Å². The standard InChI is InChI=1S/C27H27BrN2O5S2/c1-6-34-21-14-19(28)18(13-20(21)33-4)24-23(26(32)35-7-2)15(3)29-27-30(24)25(31)22(37-27)12-16-8-10-17(36-5)11-9-16/h8-14,24H,6-7H2,1-5H3/b22-12+/t24-/m1/s1. The molecule has 37 heavy (non-hydrogen) atoms. The van der Waals surface area contributed by atoms with Crippen LogP contribution in [0.5, 0.6) is 11.5 Å². The second-order valence-corrected chi connectivity index (χ2v) is 10.8. The molecule has 1 aromatic heterocycles. The quantitative estimate of drug-likeness (QED) is 0.275. The van der Waals surface area contributed by atoms with E-state index in [2.05, 4.69) is 20.9 Å². The maximum Gasteiger partial charge on any atom is 0.338 e. The molecule has 0 aliphatic carbocycles. The third-order valence-electron chi connectivity index (χ3n) is 5.81. The molecule has 0 spiro atoms. The van der Waals surface area contributed by atoms with Gasteiger partial charge in [0, 0.05) is 9.37 Å². The zero-order chi connectivity index (χ0) is 26.7. The summed E-state index contributed by atoms with van der Waals surface area (Å²) in [6.07, 6.45) is 3.87. The topological polar surface area (TPSA) is 79.1 Å². The summed E-state index contributed by atoms with van der Waals surface area (Å²) in [6.45, 7) is 6.06. The van der Waals surface area contributed by atoms with Crippen LogP contribution in [0, 0.1) is 0 Å². The number of ether oxygens (including phenoxy) is 3. The van der Waals surface area contributed by atoms with Crippen molar-refractivity contribution in [2.24, 2.45) is 4.99 Å². The van der Waals surface area contributed by atoms with Crippen LogP contribution in [0.25, 0.3) is 6.08 Å². The Bertz CT molecular complexity index is 1540. The van der Waals surface area contributed by atoms with Gasteiger partial charge in [0.2, 0.25) is 0 Å². The lowest BCUT2D eigenvalue weighted by Gasteiger charge is -2.26. The lowest BCUT2D eigenvalue weighted by Crippen LogP contribution is -2.40. The van der Waals surface area contributed by atoms with Crippen molar-refractivity contribution < 1.29 is 19.0 Å². The van der Waals surface area contributed by atoms with E-state index in [4.69, 9.17) is 14.2 Å². The number of rotatable bonds is 8. The third kappa shape index (κ3) is 5.42. The van der Waals surface area contributed by atoms with Crippen molar-refractivity contribution in [1.29, 1.82) is 0 Å². The Balaban J connectivity index is 1.97. The van der Waals surface area contributed by atoms with Crippen LogP contribution >= 0.6 is 39.0 Å². The van der Waals surface area contributed by atoms with Crippen molar-refractivity contribution in [1.82, 2.24) is 4.57 Å². The number of halogens is 1. The summed E-state index contributed by atoms with van der Waals surface area (Å²) in [4.78, 5) is 33.3. The van der Waals surface area contributed by atoms with E-state index in [1.165, 1.54) is 11.3 Å². The Labute approximate surface area is 231 Å². The Morgan fingerprint density at radius 2 is 1.92 bits per heavy atom. The van der Waals surface area contributed by atoms with Gasteiger partial charge in [-0.2, -0.15) is 0 Å². The van der Waals surface area contributed by atoms with Gasteiger partial charge in [-0.3, -0.25) is 9.36 Å². The molecular weight excluding hydrogens is 576 g/mol. The van der Waals surface area contributed by atoms with Crippen molar-refractivity contribution in [3.8, 4) is 11.5 Å². The molecule has 0 amide bonds. The molecule has 1 aliphatic heterocycles. The van der Waals surface area contributed by atoms with E-state index in [0.29, 0.717) is 48.7 Å². The number of allylic oxidation sites excluding steroid dienone is 1. The summed E-state index contributed by atoms with van der Waals surface area (Å²) in [5.41, 5.74) is 2.13. The minimum absolute atomic E-state index is 0.201. The number of fused-ring (bicyclic) bond motifs is 1. The number of benzene rings is 2. The summed E-state index contributed by atoms with van der Waals surface area (Å²) >= 11 is 6.59. The number of nitrogens with zero attached hydrogens (tertiary/aromatic N) is 2. The van der Waals surface area contributed by atoms with Crippen LogP contribution in [0.2, 0.25) is 0 Å². The number of methoxy groups -OCH3 is 1. The minimum Gasteiger partial charge on any atom is -0.493 e. The molecule has 1 atom stereocenters. The molecule has 194 valence electrons. The van der Waals surface area contributed by atoms with Crippen LogP contribution in [-0.4, -0.2) is 37.1 Å². The smallest absolute Gasteiger partial charge is 0.338 e. The van der Waals surface area contributed by atoms with Gasteiger partial charge in [-0.15, -0.1) is 11.8 Å². The molecule has 0 unspecified atom stereocenters. The second-order valence-electron chi connectivity index (χ2n) is 8.03. The average molecular weight is 604 g/mol. The molecule has 3 aromatic rings. The van der Waals surface area contributed by atoms with Gasteiger partial charge in [0.25, 0.3) is 5.56 Å². The fourth-order valence-electron chi connectivity index (χ4n) is 4.13. The SMILES string of the molecule is CCOC(=O)C1=C(C)N=c2s/c(=C/c3ccc(SC)cc3)c(=O)n2[C@@H]1c1cc(OC)c(OCC)cc1Br. The summed E-state index contributed by atoms with van der Waals surface area (Å²) in [5.74, 6) is 0.532. The molecule has 2 heterocycles. The molecule has 0 saturated heterocycles. The lowest BCUT2D eigenvalue weighted by molar-refractivity contribution is -0.139. The Morgan fingerprint density at radius 3 is 2.54 bits per heavy atom. The van der Waals surface area contributed by atoms with Crippen LogP contribution in [0.1, 0.15) is 37.9 Å². The Hall–Kier alpha value is -2.82. The largest absolute Gasteiger partial charge is 0.493 e. The van der Waals surface area contributed by atoms with Crippen LogP contribution in [0.3, 0.4) is 0 Å². The zero-order valence-corrected chi connectivity index (χ0v) is 24.4. The van der Waals surface area contributed by atoms with Gasteiger partial charge in [0.1, 0.15) is 0 Å². The number of aromatic nitrogens is 1. The van der Waals surface area contributed by atoms with E-state index in [-0.39, 0.29) is 12.2 Å². The summed E-state index contributed by atoms with van der Waals surface area (Å²) < 4.78 is 19.4. The third-order valence-corrected chi connectivity index (χ3v) is 8.22. The van der Waals surface area contributed by atoms with Crippen LogP contribution in [-0.2, 0) is 9.53 Å². The molecule has 10 heteroatoms. The molecular formula is C27H27BrN2O5S2. The first-order valence-corrected chi connectivity index (χ1v) is 14.5. The number of thiazole rings is 1. The van der Waals surface area contributed by atoms with Crippen LogP contribution in [0.4, 0.5) is 0 Å². The lowest BCUT2D eigenvalue weighted by atomic mass is 9.95. The average Bonchev–Trinajstić information content (AvgIpc) is 3.18. The number of esters is 1. The summed E-state index contributed by atoms with van der Waals surface area (Å²) in [7, 11) is 1.55. The number of thioether (sulfide) groups is 1. The highest BCUT2D eigenvalue weighted by molar-refractivity contribution is 9.10. The zero-order valence-electron chi connectivity index (χ0n) is 21.2. The number of hydrogen-bond acceptors (Lipinski definition) is 8. The molecule has 0 saturated carbocycles. The first-order chi connectivity index (χ1) is 17.8. The van der Waals surface area contributed by atoms with Crippen LogP contribution in [0.15, 0.2) is 66.8 Å². The molecule has 7 nitrogen and oxygen atoms in total. The van der Waals surface area contributed by atoms with Crippen molar-refractivity contribution in [3.63, 3.8) is 0 Å². The van der Waals surface area contributed by atoms with E-state index in [0.717, 1.165) is 10.5 Å². The van der Waals surface area contributed by atoms with Crippen LogP contribution < -0.4 is 24.4 Å². The fraction of sp³-hybridized carbons (Fsp3) is 0.296. The van der Waals surface area contributed by atoms with Crippen molar-refractivity contribution in [2.75, 3.05) is 26.6 Å². The maximum absolute atomic E-state index is 13.8. The number of carbonyl (C=O) groups excluding carboxylic acids is 1.